The Labute approximate surface area is 175 Å². The Balaban J connectivity index is 1.31. The van der Waals surface area contributed by atoms with Gasteiger partial charge < -0.3 is 20.2 Å². The molecule has 1 heterocycles. The first-order valence-electron chi connectivity index (χ1n) is 9.56. The van der Waals surface area contributed by atoms with E-state index < -0.39 is 23.5 Å². The molecule has 3 N–H and O–H groups in total. The number of nitrogens with one attached hydrogen (secondary N) is 2. The second-order valence-corrected chi connectivity index (χ2v) is 7.39. The van der Waals surface area contributed by atoms with Crippen molar-refractivity contribution in [1.29, 1.82) is 0 Å². The normalized spacial score (nSPS) is 17.6. The Kier molecular flexibility index (Phi) is 5.61. The molecule has 0 spiro atoms. The molecule has 160 valence electrons. The second kappa shape index (κ2) is 8.50. The van der Waals surface area contributed by atoms with Gasteiger partial charge in [-0.2, -0.15) is 0 Å². The fourth-order valence-electron chi connectivity index (χ4n) is 3.41. The van der Waals surface area contributed by atoms with Crippen molar-refractivity contribution in [3.8, 4) is 0 Å². The summed E-state index contributed by atoms with van der Waals surface area (Å²) in [6.45, 7) is 0. The highest BCUT2D eigenvalue weighted by molar-refractivity contribution is 6.00. The minimum absolute atomic E-state index is 0.147. The smallest absolute Gasteiger partial charge is 0.320 e. The number of aromatic nitrogens is 2. The minimum Gasteiger partial charge on any atom is -0.481 e. The van der Waals surface area contributed by atoms with Crippen LogP contribution in [0.1, 0.15) is 29.1 Å². The molecule has 0 saturated heterocycles. The molecule has 4 rings (SSSR count). The summed E-state index contributed by atoms with van der Waals surface area (Å²) < 4.78 is 31.4. The number of carbonyl (C=O) groups excluding carboxylic acids is 1. The minimum atomic E-state index is -1.04. The van der Waals surface area contributed by atoms with Gasteiger partial charge in [0, 0.05) is 17.4 Å². The van der Waals surface area contributed by atoms with Gasteiger partial charge in [-0.3, -0.25) is 9.59 Å². The van der Waals surface area contributed by atoms with Crippen LogP contribution in [0.15, 0.2) is 46.9 Å². The van der Waals surface area contributed by atoms with Crippen molar-refractivity contribution in [2.45, 2.75) is 19.3 Å². The monoisotopic (exact) mass is 428 g/mol. The summed E-state index contributed by atoms with van der Waals surface area (Å²) in [6.07, 6.45) is 2.17. The lowest BCUT2D eigenvalue weighted by atomic mass is 9.72. The van der Waals surface area contributed by atoms with Crippen LogP contribution < -0.4 is 10.6 Å². The lowest BCUT2D eigenvalue weighted by Gasteiger charge is -2.32. The summed E-state index contributed by atoms with van der Waals surface area (Å²) in [7, 11) is 0. The van der Waals surface area contributed by atoms with E-state index in [0.29, 0.717) is 24.4 Å². The molecule has 0 aliphatic heterocycles. The highest BCUT2D eigenvalue weighted by Crippen LogP contribution is 2.36. The molecular formula is C21H18F2N4O4. The van der Waals surface area contributed by atoms with E-state index in [-0.39, 0.29) is 23.5 Å². The van der Waals surface area contributed by atoms with E-state index in [2.05, 4.69) is 20.8 Å². The van der Waals surface area contributed by atoms with Gasteiger partial charge in [-0.25, -0.2) is 8.78 Å². The predicted octanol–water partition coefficient (Wildman–Crippen LogP) is 4.00. The van der Waals surface area contributed by atoms with Crippen molar-refractivity contribution in [2.24, 2.45) is 11.8 Å². The summed E-state index contributed by atoms with van der Waals surface area (Å²) in [4.78, 5) is 23.2. The van der Waals surface area contributed by atoms with Crippen LogP contribution in [-0.4, -0.2) is 27.2 Å². The van der Waals surface area contributed by atoms with Gasteiger partial charge in [0.1, 0.15) is 0 Å². The number of carboxylic acids is 1. The number of hydrogen-bond acceptors (Lipinski definition) is 6. The molecule has 1 amide bonds. The topological polar surface area (TPSA) is 117 Å². The van der Waals surface area contributed by atoms with E-state index in [1.165, 1.54) is 6.07 Å². The summed E-state index contributed by atoms with van der Waals surface area (Å²) in [5.74, 6) is -3.56. The first-order chi connectivity index (χ1) is 14.9. The van der Waals surface area contributed by atoms with Crippen LogP contribution in [0, 0.1) is 23.5 Å². The molecule has 8 nitrogen and oxygen atoms in total. The molecule has 1 aromatic heterocycles. The Hall–Kier alpha value is -3.82. The summed E-state index contributed by atoms with van der Waals surface area (Å²) >= 11 is 0. The zero-order chi connectivity index (χ0) is 22.0. The average Bonchev–Trinajstić information content (AvgIpc) is 3.17. The molecule has 1 aliphatic carbocycles. The molecular weight excluding hydrogens is 410 g/mol. The first kappa shape index (κ1) is 20.5. The maximum Gasteiger partial charge on any atom is 0.320 e. The second-order valence-electron chi connectivity index (χ2n) is 7.39. The van der Waals surface area contributed by atoms with Gasteiger partial charge in [-0.15, -0.1) is 5.10 Å². The molecule has 0 atom stereocenters. The summed E-state index contributed by atoms with van der Waals surface area (Å²) in [5.41, 5.74) is 1.77. The number of carbonyl (C=O) groups is 2. The van der Waals surface area contributed by atoms with Crippen molar-refractivity contribution in [3.63, 3.8) is 0 Å². The maximum absolute atomic E-state index is 13.3. The molecule has 10 heteroatoms. The Bertz CT molecular complexity index is 1110. The van der Waals surface area contributed by atoms with Crippen molar-refractivity contribution < 1.29 is 27.9 Å². The van der Waals surface area contributed by atoms with Gasteiger partial charge in [-0.05, 0) is 55.0 Å². The predicted molar refractivity (Wildman–Crippen MR) is 106 cm³/mol. The number of nitrogens with zero attached hydrogens (tertiary/aromatic N) is 2. The van der Waals surface area contributed by atoms with E-state index in [9.17, 15) is 18.4 Å². The van der Waals surface area contributed by atoms with E-state index in [4.69, 9.17) is 9.52 Å². The number of anilines is 3. The average molecular weight is 428 g/mol. The fraction of sp³-hybridized carbons (Fsp3) is 0.238. The molecule has 0 radical (unpaired) electrons. The third-order valence-corrected chi connectivity index (χ3v) is 5.11. The van der Waals surface area contributed by atoms with E-state index in [1.807, 2.05) is 12.1 Å². The zero-order valence-corrected chi connectivity index (χ0v) is 16.1. The SMILES string of the molecule is O=C(Nc1ccc(CC2CC(C(=O)O)C2)cc1)c1nnc(Nc2ccc(F)c(F)c2)o1. The van der Waals surface area contributed by atoms with Gasteiger partial charge >= 0.3 is 23.8 Å². The van der Waals surface area contributed by atoms with Gasteiger partial charge in [0.15, 0.2) is 11.6 Å². The number of carboxylic acid groups (broad SMARTS) is 1. The summed E-state index contributed by atoms with van der Waals surface area (Å²) in [6, 6.07) is 10.2. The maximum atomic E-state index is 13.3. The van der Waals surface area contributed by atoms with Crippen molar-refractivity contribution >= 4 is 29.3 Å². The lowest BCUT2D eigenvalue weighted by Crippen LogP contribution is -2.31. The highest BCUT2D eigenvalue weighted by atomic mass is 19.2. The van der Waals surface area contributed by atoms with Crippen molar-refractivity contribution in [2.75, 3.05) is 10.6 Å². The van der Waals surface area contributed by atoms with Crippen LogP contribution in [0.25, 0.3) is 0 Å². The summed E-state index contributed by atoms with van der Waals surface area (Å²) in [5, 5.41) is 21.5. The highest BCUT2D eigenvalue weighted by Gasteiger charge is 2.34. The van der Waals surface area contributed by atoms with Crippen LogP contribution >= 0.6 is 0 Å². The molecule has 2 aromatic carbocycles. The largest absolute Gasteiger partial charge is 0.481 e. The Morgan fingerprint density at radius 3 is 2.42 bits per heavy atom. The number of halogens is 2. The zero-order valence-electron chi connectivity index (χ0n) is 16.1. The van der Waals surface area contributed by atoms with E-state index >= 15 is 0 Å². The number of rotatable bonds is 7. The van der Waals surface area contributed by atoms with Crippen LogP contribution in [0.2, 0.25) is 0 Å². The molecule has 0 unspecified atom stereocenters. The van der Waals surface area contributed by atoms with Crippen molar-refractivity contribution in [1.82, 2.24) is 10.2 Å². The fourth-order valence-corrected chi connectivity index (χ4v) is 3.41. The van der Waals surface area contributed by atoms with Crippen LogP contribution in [0.3, 0.4) is 0 Å². The Morgan fingerprint density at radius 2 is 1.74 bits per heavy atom. The number of hydrogen-bond donors (Lipinski definition) is 3. The third-order valence-electron chi connectivity index (χ3n) is 5.11. The molecule has 1 fully saturated rings. The van der Waals surface area contributed by atoms with Crippen molar-refractivity contribution in [3.05, 3.63) is 65.6 Å². The quantitative estimate of drug-likeness (QED) is 0.521. The molecule has 31 heavy (non-hydrogen) atoms. The van der Waals surface area contributed by atoms with Crippen LogP contribution in [0.4, 0.5) is 26.2 Å². The van der Waals surface area contributed by atoms with Crippen LogP contribution in [-0.2, 0) is 11.2 Å². The number of aliphatic carboxylic acids is 1. The number of amides is 1. The van der Waals surface area contributed by atoms with Gasteiger partial charge in [-0.1, -0.05) is 17.2 Å². The first-order valence-corrected chi connectivity index (χ1v) is 9.56. The molecule has 0 bridgehead atoms. The van der Waals surface area contributed by atoms with Gasteiger partial charge in [0.25, 0.3) is 0 Å². The molecule has 1 saturated carbocycles. The Morgan fingerprint density at radius 1 is 1.03 bits per heavy atom. The third kappa shape index (κ3) is 4.85. The van der Waals surface area contributed by atoms with Gasteiger partial charge in [0.05, 0.1) is 5.92 Å². The van der Waals surface area contributed by atoms with E-state index in [0.717, 1.165) is 24.1 Å². The molecule has 1 aliphatic rings. The number of benzene rings is 2. The lowest BCUT2D eigenvalue weighted by molar-refractivity contribution is -0.146. The van der Waals surface area contributed by atoms with Gasteiger partial charge in [0.2, 0.25) is 0 Å². The molecule has 3 aromatic rings. The standard InChI is InChI=1S/C21H18F2N4O4/c22-16-6-5-15(10-17(16)23)25-21-27-26-19(31-21)18(28)24-14-3-1-11(2-4-14)7-12-8-13(9-12)20(29)30/h1-6,10,12-13H,7-9H2,(H,24,28)(H,25,27)(H,29,30). The van der Waals surface area contributed by atoms with E-state index in [1.54, 1.807) is 12.1 Å². The van der Waals surface area contributed by atoms with Crippen LogP contribution in [0.5, 0.6) is 0 Å².